The van der Waals surface area contributed by atoms with Crippen molar-refractivity contribution in [3.05, 3.63) is 77.2 Å². The van der Waals surface area contributed by atoms with E-state index in [0.29, 0.717) is 5.71 Å². The predicted molar refractivity (Wildman–Crippen MR) is 95.3 cm³/mol. The molecule has 3 nitrogen and oxygen atoms in total. The van der Waals surface area contributed by atoms with Crippen molar-refractivity contribution in [2.75, 3.05) is 4.90 Å². The average molecular weight is 318 g/mol. The normalized spacial score (nSPS) is 15.3. The maximum absolute atomic E-state index is 13.0. The number of benzene rings is 2. The largest absolute Gasteiger partial charge is 0.282 e. The van der Waals surface area contributed by atoms with Crippen LogP contribution >= 0.6 is 11.3 Å². The number of carbonyl (C=O) groups is 1. The van der Waals surface area contributed by atoms with Gasteiger partial charge in [-0.25, -0.2) is 4.99 Å². The molecule has 0 N–H and O–H groups in total. The van der Waals surface area contributed by atoms with E-state index in [1.807, 2.05) is 73.0 Å². The number of amides is 1. The van der Waals surface area contributed by atoms with Gasteiger partial charge >= 0.3 is 0 Å². The summed E-state index contributed by atoms with van der Waals surface area (Å²) in [5.74, 6) is -0.0739. The maximum Gasteiger partial charge on any atom is 0.282 e. The topological polar surface area (TPSA) is 32.7 Å². The van der Waals surface area contributed by atoms with Crippen LogP contribution in [0, 0.1) is 6.92 Å². The third-order valence-electron chi connectivity index (χ3n) is 3.77. The van der Waals surface area contributed by atoms with Crippen LogP contribution in [0.1, 0.15) is 11.1 Å². The van der Waals surface area contributed by atoms with Gasteiger partial charge in [0.15, 0.2) is 0 Å². The van der Waals surface area contributed by atoms with Crippen LogP contribution in [0.15, 0.2) is 71.0 Å². The van der Waals surface area contributed by atoms with Gasteiger partial charge in [-0.05, 0) is 48.2 Å². The van der Waals surface area contributed by atoms with E-state index in [1.54, 1.807) is 16.2 Å². The lowest BCUT2D eigenvalue weighted by atomic mass is 10.1. The van der Waals surface area contributed by atoms with Gasteiger partial charge in [-0.2, -0.15) is 0 Å². The molecule has 1 amide bonds. The van der Waals surface area contributed by atoms with Gasteiger partial charge in [0.2, 0.25) is 0 Å². The number of nitrogens with zero attached hydrogens (tertiary/aromatic N) is 2. The smallest absolute Gasteiger partial charge is 0.266 e. The summed E-state index contributed by atoms with van der Waals surface area (Å²) >= 11 is 1.55. The molecule has 0 bridgehead atoms. The molecule has 2 aromatic carbocycles. The number of carbonyl (C=O) groups excluding carboxylic acids is 1. The molecule has 23 heavy (non-hydrogen) atoms. The summed E-state index contributed by atoms with van der Waals surface area (Å²) in [6, 6.07) is 19.6. The van der Waals surface area contributed by atoms with Gasteiger partial charge in [-0.1, -0.05) is 30.3 Å². The molecule has 0 saturated heterocycles. The lowest BCUT2D eigenvalue weighted by Gasteiger charge is -2.13. The lowest BCUT2D eigenvalue weighted by molar-refractivity contribution is -0.111. The standard InChI is InChI=1S/C19H14N2OS/c1-13-6-4-7-14(12-13)20-18-15-8-2-3-9-16(15)21(19(18)22)17-10-5-11-23-17/h2-12H,1H3. The molecule has 0 aliphatic carbocycles. The minimum atomic E-state index is -0.0739. The Morgan fingerprint density at radius 1 is 1.00 bits per heavy atom. The zero-order chi connectivity index (χ0) is 15.8. The van der Waals surface area contributed by atoms with Gasteiger partial charge in [0.1, 0.15) is 10.7 Å². The molecule has 0 atom stereocenters. The highest BCUT2D eigenvalue weighted by molar-refractivity contribution is 7.14. The fourth-order valence-electron chi connectivity index (χ4n) is 2.75. The molecule has 1 aliphatic heterocycles. The third kappa shape index (κ3) is 2.37. The minimum Gasteiger partial charge on any atom is -0.266 e. The molecular weight excluding hydrogens is 304 g/mol. The van der Waals surface area contributed by atoms with Crippen molar-refractivity contribution < 1.29 is 4.79 Å². The average Bonchev–Trinajstić information content (AvgIpc) is 3.15. The monoisotopic (exact) mass is 318 g/mol. The van der Waals surface area contributed by atoms with Crippen molar-refractivity contribution in [3.63, 3.8) is 0 Å². The number of thiophene rings is 1. The van der Waals surface area contributed by atoms with Crippen LogP contribution in [-0.2, 0) is 4.79 Å². The van der Waals surface area contributed by atoms with E-state index in [0.717, 1.165) is 27.5 Å². The van der Waals surface area contributed by atoms with Crippen LogP contribution in [-0.4, -0.2) is 11.6 Å². The second-order valence-corrected chi connectivity index (χ2v) is 6.33. The van der Waals surface area contributed by atoms with E-state index in [-0.39, 0.29) is 5.91 Å². The molecule has 0 spiro atoms. The number of anilines is 2. The molecule has 4 rings (SSSR count). The Hall–Kier alpha value is -2.72. The quantitative estimate of drug-likeness (QED) is 0.664. The molecule has 4 heteroatoms. The number of hydrogen-bond acceptors (Lipinski definition) is 3. The number of fused-ring (bicyclic) bond motifs is 1. The van der Waals surface area contributed by atoms with Crippen molar-refractivity contribution in [2.24, 2.45) is 4.99 Å². The number of aliphatic imine (C=N–C) groups is 1. The molecule has 112 valence electrons. The SMILES string of the molecule is Cc1cccc(N=C2C(=O)N(c3cccs3)c3ccccc32)c1. The van der Waals surface area contributed by atoms with Crippen LogP contribution < -0.4 is 4.90 Å². The third-order valence-corrected chi connectivity index (χ3v) is 4.63. The lowest BCUT2D eigenvalue weighted by Crippen LogP contribution is -2.24. The Kier molecular flexibility index (Phi) is 3.32. The first kappa shape index (κ1) is 13.9. The van der Waals surface area contributed by atoms with Crippen molar-refractivity contribution in [1.82, 2.24) is 0 Å². The molecule has 1 aliphatic rings. The molecule has 1 aromatic heterocycles. The number of para-hydroxylation sites is 1. The van der Waals surface area contributed by atoms with Gasteiger partial charge in [0.25, 0.3) is 5.91 Å². The summed E-state index contributed by atoms with van der Waals surface area (Å²) < 4.78 is 0. The Morgan fingerprint density at radius 2 is 1.87 bits per heavy atom. The highest BCUT2D eigenvalue weighted by atomic mass is 32.1. The molecular formula is C19H14N2OS. The summed E-state index contributed by atoms with van der Waals surface area (Å²) in [7, 11) is 0. The fraction of sp³-hybridized carbons (Fsp3) is 0.0526. The summed E-state index contributed by atoms with van der Waals surface area (Å²) in [4.78, 5) is 19.3. The van der Waals surface area contributed by atoms with Crippen LogP contribution in [0.2, 0.25) is 0 Å². The van der Waals surface area contributed by atoms with Crippen molar-refractivity contribution in [1.29, 1.82) is 0 Å². The molecule has 0 saturated carbocycles. The fourth-order valence-corrected chi connectivity index (χ4v) is 3.49. The molecule has 2 heterocycles. The van der Waals surface area contributed by atoms with Gasteiger partial charge in [0, 0.05) is 5.56 Å². The Bertz CT molecular complexity index is 913. The predicted octanol–water partition coefficient (Wildman–Crippen LogP) is 4.86. The van der Waals surface area contributed by atoms with Gasteiger partial charge < -0.3 is 0 Å². The van der Waals surface area contributed by atoms with Gasteiger partial charge in [0.05, 0.1) is 11.4 Å². The van der Waals surface area contributed by atoms with Gasteiger partial charge in [-0.3, -0.25) is 9.69 Å². The zero-order valence-corrected chi connectivity index (χ0v) is 13.4. The van der Waals surface area contributed by atoms with Crippen molar-refractivity contribution in [2.45, 2.75) is 6.92 Å². The van der Waals surface area contributed by atoms with E-state index in [2.05, 4.69) is 4.99 Å². The van der Waals surface area contributed by atoms with Crippen molar-refractivity contribution >= 4 is 39.3 Å². The summed E-state index contributed by atoms with van der Waals surface area (Å²) in [6.45, 7) is 2.02. The maximum atomic E-state index is 13.0. The first-order valence-corrected chi connectivity index (χ1v) is 8.25. The summed E-state index contributed by atoms with van der Waals surface area (Å²) in [5, 5.41) is 2.89. The number of hydrogen-bond donors (Lipinski definition) is 0. The molecule has 0 fully saturated rings. The molecule has 0 unspecified atom stereocenters. The Balaban J connectivity index is 1.87. The summed E-state index contributed by atoms with van der Waals surface area (Å²) in [6.07, 6.45) is 0. The first-order valence-electron chi connectivity index (χ1n) is 7.37. The second-order valence-electron chi connectivity index (χ2n) is 5.41. The van der Waals surface area contributed by atoms with Gasteiger partial charge in [-0.15, -0.1) is 11.3 Å². The second kappa shape index (κ2) is 5.48. The Morgan fingerprint density at radius 3 is 2.65 bits per heavy atom. The van der Waals surface area contributed by atoms with Crippen LogP contribution in [0.5, 0.6) is 0 Å². The van der Waals surface area contributed by atoms with E-state index in [4.69, 9.17) is 0 Å². The van der Waals surface area contributed by atoms with Crippen LogP contribution in [0.25, 0.3) is 0 Å². The number of aryl methyl sites for hydroxylation is 1. The van der Waals surface area contributed by atoms with Crippen molar-refractivity contribution in [3.8, 4) is 0 Å². The number of rotatable bonds is 2. The van der Waals surface area contributed by atoms with E-state index < -0.39 is 0 Å². The molecule has 0 radical (unpaired) electrons. The van der Waals surface area contributed by atoms with Crippen LogP contribution in [0.3, 0.4) is 0 Å². The zero-order valence-electron chi connectivity index (χ0n) is 12.6. The summed E-state index contributed by atoms with van der Waals surface area (Å²) in [5.41, 5.74) is 4.20. The highest BCUT2D eigenvalue weighted by Gasteiger charge is 2.35. The minimum absolute atomic E-state index is 0.0739. The Labute approximate surface area is 138 Å². The first-order chi connectivity index (χ1) is 11.2. The van der Waals surface area contributed by atoms with E-state index >= 15 is 0 Å². The van der Waals surface area contributed by atoms with Crippen LogP contribution in [0.4, 0.5) is 16.4 Å². The molecule has 3 aromatic rings. The van der Waals surface area contributed by atoms with E-state index in [9.17, 15) is 4.79 Å². The van der Waals surface area contributed by atoms with E-state index in [1.165, 1.54) is 0 Å². The highest BCUT2D eigenvalue weighted by Crippen LogP contribution is 2.38.